The molecule has 84 valence electrons. The fraction of sp³-hybridized carbons (Fsp3) is 0.727. The van der Waals surface area contributed by atoms with Crippen LogP contribution < -0.4 is 0 Å². The lowest BCUT2D eigenvalue weighted by atomic mass is 10.2. The lowest BCUT2D eigenvalue weighted by Gasteiger charge is -2.14. The van der Waals surface area contributed by atoms with E-state index in [0.29, 0.717) is 11.3 Å². The van der Waals surface area contributed by atoms with Crippen molar-refractivity contribution >= 4 is 11.6 Å². The van der Waals surface area contributed by atoms with E-state index in [4.69, 9.17) is 11.6 Å². The molecule has 0 saturated carbocycles. The van der Waals surface area contributed by atoms with Gasteiger partial charge in [0.05, 0.1) is 16.8 Å². The van der Waals surface area contributed by atoms with E-state index in [0.717, 1.165) is 25.3 Å². The van der Waals surface area contributed by atoms with Crippen molar-refractivity contribution in [2.75, 3.05) is 13.1 Å². The molecule has 3 nitrogen and oxygen atoms in total. The van der Waals surface area contributed by atoms with Crippen LogP contribution in [0.3, 0.4) is 0 Å². The Bertz CT molecular complexity index is 338. The molecule has 1 aromatic heterocycles. The molecule has 1 aromatic rings. The highest BCUT2D eigenvalue weighted by Crippen LogP contribution is 2.22. The first-order valence-electron chi connectivity index (χ1n) is 5.42. The van der Waals surface area contributed by atoms with Gasteiger partial charge in [0.2, 0.25) is 0 Å². The van der Waals surface area contributed by atoms with Gasteiger partial charge < -0.3 is 0 Å². The first-order valence-corrected chi connectivity index (χ1v) is 5.86. The first-order chi connectivity index (χ1) is 7.06. The second-order valence-corrected chi connectivity index (χ2v) is 5.15. The number of nitrogens with zero attached hydrogens (tertiary/aromatic N) is 3. The van der Waals surface area contributed by atoms with Crippen LogP contribution in [0.15, 0.2) is 6.07 Å². The SMILES string of the molecule is Cc1cc(CN2CC(C)C(Cl)C2)n(C)n1. The molecule has 1 aliphatic rings. The van der Waals surface area contributed by atoms with Gasteiger partial charge in [-0.1, -0.05) is 6.92 Å². The summed E-state index contributed by atoms with van der Waals surface area (Å²) in [6, 6.07) is 2.15. The summed E-state index contributed by atoms with van der Waals surface area (Å²) < 4.78 is 1.96. The van der Waals surface area contributed by atoms with Crippen molar-refractivity contribution in [3.63, 3.8) is 0 Å². The molecule has 0 spiro atoms. The Morgan fingerprint density at radius 1 is 1.53 bits per heavy atom. The highest BCUT2D eigenvalue weighted by molar-refractivity contribution is 6.21. The molecule has 0 amide bonds. The lowest BCUT2D eigenvalue weighted by molar-refractivity contribution is 0.311. The summed E-state index contributed by atoms with van der Waals surface area (Å²) in [7, 11) is 2.00. The minimum atomic E-state index is 0.305. The average molecular weight is 228 g/mol. The monoisotopic (exact) mass is 227 g/mol. The molecule has 0 radical (unpaired) electrons. The Morgan fingerprint density at radius 3 is 2.73 bits per heavy atom. The zero-order chi connectivity index (χ0) is 11.0. The Labute approximate surface area is 96.0 Å². The van der Waals surface area contributed by atoms with Gasteiger partial charge in [-0.15, -0.1) is 11.6 Å². The summed E-state index contributed by atoms with van der Waals surface area (Å²) >= 11 is 6.20. The van der Waals surface area contributed by atoms with E-state index in [9.17, 15) is 0 Å². The van der Waals surface area contributed by atoms with Crippen molar-refractivity contribution in [1.82, 2.24) is 14.7 Å². The molecule has 15 heavy (non-hydrogen) atoms. The number of halogens is 1. The van der Waals surface area contributed by atoms with Crippen LogP contribution in [0.4, 0.5) is 0 Å². The van der Waals surface area contributed by atoms with Gasteiger partial charge in [-0.25, -0.2) is 0 Å². The number of aryl methyl sites for hydroxylation is 2. The quantitative estimate of drug-likeness (QED) is 0.719. The van der Waals surface area contributed by atoms with Crippen LogP contribution in [0.25, 0.3) is 0 Å². The Morgan fingerprint density at radius 2 is 2.27 bits per heavy atom. The summed E-state index contributed by atoms with van der Waals surface area (Å²) in [6.07, 6.45) is 0. The van der Waals surface area contributed by atoms with Crippen molar-refractivity contribution in [3.8, 4) is 0 Å². The molecule has 2 rings (SSSR count). The number of hydrogen-bond donors (Lipinski definition) is 0. The molecular formula is C11H18ClN3. The molecule has 1 fully saturated rings. The van der Waals surface area contributed by atoms with Crippen molar-refractivity contribution in [3.05, 3.63) is 17.5 Å². The zero-order valence-corrected chi connectivity index (χ0v) is 10.3. The number of likely N-dealkylation sites (tertiary alicyclic amines) is 1. The zero-order valence-electron chi connectivity index (χ0n) is 9.57. The second-order valence-electron chi connectivity index (χ2n) is 4.59. The molecule has 0 bridgehead atoms. The van der Waals surface area contributed by atoms with E-state index in [1.807, 2.05) is 18.7 Å². The van der Waals surface area contributed by atoms with Crippen molar-refractivity contribution in [1.29, 1.82) is 0 Å². The molecule has 2 atom stereocenters. The summed E-state index contributed by atoms with van der Waals surface area (Å²) in [5, 5.41) is 4.65. The number of alkyl halides is 1. The van der Waals surface area contributed by atoms with Crippen LogP contribution in [0, 0.1) is 12.8 Å². The number of hydrogen-bond acceptors (Lipinski definition) is 2. The molecule has 0 aliphatic carbocycles. The van der Waals surface area contributed by atoms with Gasteiger partial charge in [-0.3, -0.25) is 9.58 Å². The molecule has 4 heteroatoms. The normalized spacial score (nSPS) is 27.5. The van der Waals surface area contributed by atoms with Crippen molar-refractivity contribution in [2.45, 2.75) is 25.8 Å². The Kier molecular flexibility index (Phi) is 3.03. The van der Waals surface area contributed by atoms with Crippen molar-refractivity contribution in [2.24, 2.45) is 13.0 Å². The van der Waals surface area contributed by atoms with Crippen LogP contribution in [0.5, 0.6) is 0 Å². The Hall–Kier alpha value is -0.540. The molecule has 1 saturated heterocycles. The molecule has 2 unspecified atom stereocenters. The summed E-state index contributed by atoms with van der Waals surface area (Å²) in [6.45, 7) is 7.29. The predicted molar refractivity (Wildman–Crippen MR) is 62.0 cm³/mol. The van der Waals surface area contributed by atoms with Crippen LogP contribution in [-0.4, -0.2) is 33.1 Å². The minimum absolute atomic E-state index is 0.305. The number of aromatic nitrogens is 2. The van der Waals surface area contributed by atoms with Gasteiger partial charge in [0.1, 0.15) is 0 Å². The van der Waals surface area contributed by atoms with Crippen LogP contribution in [0.1, 0.15) is 18.3 Å². The summed E-state index contributed by atoms with van der Waals surface area (Å²) in [5.41, 5.74) is 2.35. The third-order valence-electron chi connectivity index (χ3n) is 3.08. The smallest absolute Gasteiger partial charge is 0.0597 e. The van der Waals surface area contributed by atoms with Crippen molar-refractivity contribution < 1.29 is 0 Å². The first kappa shape index (κ1) is 11.0. The van der Waals surface area contributed by atoms with Gasteiger partial charge >= 0.3 is 0 Å². The van der Waals surface area contributed by atoms with Gasteiger partial charge in [0, 0.05) is 26.7 Å². The highest BCUT2D eigenvalue weighted by Gasteiger charge is 2.28. The van der Waals surface area contributed by atoms with Gasteiger partial charge in [-0.05, 0) is 18.9 Å². The van der Waals surface area contributed by atoms with E-state index >= 15 is 0 Å². The molecule has 0 aromatic carbocycles. The van der Waals surface area contributed by atoms with E-state index in [1.54, 1.807) is 0 Å². The lowest BCUT2D eigenvalue weighted by Crippen LogP contribution is -2.21. The molecular weight excluding hydrogens is 210 g/mol. The average Bonchev–Trinajstić information content (AvgIpc) is 2.59. The van der Waals surface area contributed by atoms with Crippen LogP contribution in [-0.2, 0) is 13.6 Å². The molecule has 2 heterocycles. The van der Waals surface area contributed by atoms with Gasteiger partial charge in [0.25, 0.3) is 0 Å². The maximum atomic E-state index is 6.20. The van der Waals surface area contributed by atoms with E-state index in [1.165, 1.54) is 5.69 Å². The third kappa shape index (κ3) is 2.34. The summed E-state index contributed by atoms with van der Waals surface area (Å²) in [5.74, 6) is 0.598. The maximum Gasteiger partial charge on any atom is 0.0597 e. The fourth-order valence-corrected chi connectivity index (χ4v) is 2.47. The largest absolute Gasteiger partial charge is 0.296 e. The van der Waals surface area contributed by atoms with Crippen LogP contribution in [0.2, 0.25) is 0 Å². The minimum Gasteiger partial charge on any atom is -0.296 e. The number of rotatable bonds is 2. The summed E-state index contributed by atoms with van der Waals surface area (Å²) in [4.78, 5) is 2.40. The van der Waals surface area contributed by atoms with E-state index < -0.39 is 0 Å². The predicted octanol–water partition coefficient (Wildman–Crippen LogP) is 1.79. The maximum absolute atomic E-state index is 6.20. The van der Waals surface area contributed by atoms with Crippen LogP contribution >= 0.6 is 11.6 Å². The fourth-order valence-electron chi connectivity index (χ4n) is 2.19. The van der Waals surface area contributed by atoms with E-state index in [2.05, 4.69) is 23.0 Å². The Balaban J connectivity index is 2.01. The third-order valence-corrected chi connectivity index (χ3v) is 3.65. The molecule has 0 N–H and O–H groups in total. The van der Waals surface area contributed by atoms with Gasteiger partial charge in [-0.2, -0.15) is 5.10 Å². The van der Waals surface area contributed by atoms with Gasteiger partial charge in [0.15, 0.2) is 0 Å². The second kappa shape index (κ2) is 4.14. The standard InChI is InChI=1S/C11H18ClN3/c1-8-5-15(7-11(8)12)6-10-4-9(2)13-14(10)3/h4,8,11H,5-7H2,1-3H3. The van der Waals surface area contributed by atoms with E-state index in [-0.39, 0.29) is 0 Å². The highest BCUT2D eigenvalue weighted by atomic mass is 35.5. The molecule has 1 aliphatic heterocycles. The topological polar surface area (TPSA) is 21.1 Å².